The molecule has 2 aliphatic rings. The lowest BCUT2D eigenvalue weighted by atomic mass is 9.97. The summed E-state index contributed by atoms with van der Waals surface area (Å²) in [5.74, 6) is -0.0567. The normalized spacial score (nSPS) is 19.1. The van der Waals surface area contributed by atoms with E-state index < -0.39 is 0 Å². The van der Waals surface area contributed by atoms with Crippen molar-refractivity contribution in [2.75, 3.05) is 30.3 Å². The van der Waals surface area contributed by atoms with Gasteiger partial charge in [-0.3, -0.25) is 14.5 Å². The Bertz CT molecular complexity index is 850. The SMILES string of the molecule is O=C(CN1CCC[C@H](C(=O)Nc2ccccc2)C1)Nc1ccc2c(c1)CCC2. The van der Waals surface area contributed by atoms with Crippen molar-refractivity contribution < 1.29 is 9.59 Å². The molecule has 5 heteroatoms. The van der Waals surface area contributed by atoms with Crippen molar-refractivity contribution in [1.82, 2.24) is 4.90 Å². The molecule has 2 N–H and O–H groups in total. The highest BCUT2D eigenvalue weighted by molar-refractivity contribution is 5.93. The highest BCUT2D eigenvalue weighted by Crippen LogP contribution is 2.25. The van der Waals surface area contributed by atoms with E-state index in [0.29, 0.717) is 13.1 Å². The average molecular weight is 377 g/mol. The zero-order valence-electron chi connectivity index (χ0n) is 16.1. The van der Waals surface area contributed by atoms with Gasteiger partial charge in [0.2, 0.25) is 11.8 Å². The van der Waals surface area contributed by atoms with Crippen LogP contribution in [0.4, 0.5) is 11.4 Å². The minimum atomic E-state index is -0.0817. The third kappa shape index (κ3) is 4.60. The van der Waals surface area contributed by atoms with Gasteiger partial charge in [0.05, 0.1) is 12.5 Å². The van der Waals surface area contributed by atoms with Crippen LogP contribution in [0.25, 0.3) is 0 Å². The van der Waals surface area contributed by atoms with Crippen LogP contribution in [0.5, 0.6) is 0 Å². The van der Waals surface area contributed by atoms with Gasteiger partial charge in [-0.25, -0.2) is 0 Å². The molecule has 0 radical (unpaired) electrons. The molecule has 4 rings (SSSR count). The Morgan fingerprint density at radius 1 is 0.929 bits per heavy atom. The Kier molecular flexibility index (Phi) is 5.72. The molecular weight excluding hydrogens is 350 g/mol. The van der Waals surface area contributed by atoms with Crippen molar-refractivity contribution in [3.63, 3.8) is 0 Å². The number of anilines is 2. The summed E-state index contributed by atoms with van der Waals surface area (Å²) in [5.41, 5.74) is 4.45. The lowest BCUT2D eigenvalue weighted by Gasteiger charge is -2.31. The highest BCUT2D eigenvalue weighted by Gasteiger charge is 2.27. The summed E-state index contributed by atoms with van der Waals surface area (Å²) in [4.78, 5) is 27.1. The maximum absolute atomic E-state index is 12.6. The second-order valence-corrected chi connectivity index (χ2v) is 7.81. The van der Waals surface area contributed by atoms with Crippen LogP contribution in [-0.2, 0) is 22.4 Å². The summed E-state index contributed by atoms with van der Waals surface area (Å²) >= 11 is 0. The van der Waals surface area contributed by atoms with Crippen molar-refractivity contribution in [2.45, 2.75) is 32.1 Å². The molecule has 0 bridgehead atoms. The van der Waals surface area contributed by atoms with Gasteiger partial charge in [0.1, 0.15) is 0 Å². The van der Waals surface area contributed by atoms with Crippen molar-refractivity contribution in [3.05, 3.63) is 59.7 Å². The summed E-state index contributed by atoms with van der Waals surface area (Å²) in [6.07, 6.45) is 5.24. The van der Waals surface area contributed by atoms with Gasteiger partial charge >= 0.3 is 0 Å². The van der Waals surface area contributed by atoms with E-state index in [1.807, 2.05) is 36.4 Å². The van der Waals surface area contributed by atoms with Gasteiger partial charge in [0.15, 0.2) is 0 Å². The van der Waals surface area contributed by atoms with Gasteiger partial charge in [0.25, 0.3) is 0 Å². The van der Waals surface area contributed by atoms with Crippen LogP contribution in [0, 0.1) is 5.92 Å². The predicted molar refractivity (Wildman–Crippen MR) is 111 cm³/mol. The number of amides is 2. The van der Waals surface area contributed by atoms with Crippen molar-refractivity contribution in [2.24, 2.45) is 5.92 Å². The number of piperidine rings is 1. The first-order valence-electron chi connectivity index (χ1n) is 10.2. The molecule has 0 spiro atoms. The zero-order chi connectivity index (χ0) is 19.3. The van der Waals surface area contributed by atoms with Gasteiger partial charge in [0, 0.05) is 17.9 Å². The number of benzene rings is 2. The summed E-state index contributed by atoms with van der Waals surface area (Å²) in [7, 11) is 0. The van der Waals surface area contributed by atoms with Crippen molar-refractivity contribution in [3.8, 4) is 0 Å². The summed E-state index contributed by atoms with van der Waals surface area (Å²) in [6.45, 7) is 1.80. The van der Waals surface area contributed by atoms with E-state index in [4.69, 9.17) is 0 Å². The fraction of sp³-hybridized carbons (Fsp3) is 0.391. The number of likely N-dealkylation sites (tertiary alicyclic amines) is 1. The lowest BCUT2D eigenvalue weighted by Crippen LogP contribution is -2.44. The van der Waals surface area contributed by atoms with Crippen molar-refractivity contribution in [1.29, 1.82) is 0 Å². The minimum Gasteiger partial charge on any atom is -0.326 e. The molecule has 2 amide bonds. The topological polar surface area (TPSA) is 61.4 Å². The third-order valence-electron chi connectivity index (χ3n) is 5.67. The molecule has 1 saturated heterocycles. The molecule has 2 aromatic rings. The van der Waals surface area contributed by atoms with E-state index in [-0.39, 0.29) is 17.7 Å². The molecule has 1 heterocycles. The number of rotatable bonds is 5. The zero-order valence-corrected chi connectivity index (χ0v) is 16.1. The number of nitrogens with zero attached hydrogens (tertiary/aromatic N) is 1. The Morgan fingerprint density at radius 2 is 1.75 bits per heavy atom. The second-order valence-electron chi connectivity index (χ2n) is 7.81. The van der Waals surface area contributed by atoms with Crippen LogP contribution in [0.2, 0.25) is 0 Å². The molecule has 1 fully saturated rings. The largest absolute Gasteiger partial charge is 0.326 e. The molecule has 0 aromatic heterocycles. The van der Waals surface area contributed by atoms with E-state index in [9.17, 15) is 9.59 Å². The van der Waals surface area contributed by atoms with Crippen LogP contribution in [0.1, 0.15) is 30.4 Å². The molecule has 146 valence electrons. The molecule has 1 aliphatic heterocycles. The molecule has 0 unspecified atom stereocenters. The van der Waals surface area contributed by atoms with Crippen LogP contribution in [-0.4, -0.2) is 36.3 Å². The summed E-state index contributed by atoms with van der Waals surface area (Å²) < 4.78 is 0. The Morgan fingerprint density at radius 3 is 2.61 bits per heavy atom. The Balaban J connectivity index is 1.29. The summed E-state index contributed by atoms with van der Waals surface area (Å²) in [6, 6.07) is 15.8. The predicted octanol–water partition coefficient (Wildman–Crippen LogP) is 3.46. The van der Waals surface area contributed by atoms with Crippen LogP contribution in [0.15, 0.2) is 48.5 Å². The molecule has 5 nitrogen and oxygen atoms in total. The average Bonchev–Trinajstić information content (AvgIpc) is 3.17. The maximum Gasteiger partial charge on any atom is 0.238 e. The van der Waals surface area contributed by atoms with Gasteiger partial charge < -0.3 is 10.6 Å². The molecule has 0 saturated carbocycles. The number of hydrogen-bond donors (Lipinski definition) is 2. The van der Waals surface area contributed by atoms with E-state index in [1.165, 1.54) is 17.5 Å². The van der Waals surface area contributed by atoms with Crippen LogP contribution >= 0.6 is 0 Å². The first kappa shape index (κ1) is 18.7. The number of hydrogen-bond acceptors (Lipinski definition) is 3. The number of carbonyl (C=O) groups is 2. The van der Waals surface area contributed by atoms with Gasteiger partial charge in [-0.1, -0.05) is 24.3 Å². The van der Waals surface area contributed by atoms with Gasteiger partial charge in [-0.2, -0.15) is 0 Å². The standard InChI is InChI=1S/C23H27N3O2/c27-22(24-21-12-11-17-6-4-7-18(17)14-21)16-26-13-5-8-19(15-26)23(28)25-20-9-2-1-3-10-20/h1-3,9-12,14,19H,4-8,13,15-16H2,(H,24,27)(H,25,28)/t19-/m0/s1. The Labute approximate surface area is 166 Å². The maximum atomic E-state index is 12.6. The van der Waals surface area contributed by atoms with E-state index in [0.717, 1.165) is 43.6 Å². The number of carbonyl (C=O) groups excluding carboxylic acids is 2. The lowest BCUT2D eigenvalue weighted by molar-refractivity contribution is -0.123. The molecule has 2 aromatic carbocycles. The number of aryl methyl sites for hydroxylation is 2. The molecule has 1 aliphatic carbocycles. The van der Waals surface area contributed by atoms with E-state index in [2.05, 4.69) is 27.7 Å². The highest BCUT2D eigenvalue weighted by atomic mass is 16.2. The fourth-order valence-corrected chi connectivity index (χ4v) is 4.23. The quantitative estimate of drug-likeness (QED) is 0.839. The van der Waals surface area contributed by atoms with Crippen molar-refractivity contribution >= 4 is 23.2 Å². The smallest absolute Gasteiger partial charge is 0.238 e. The molecular formula is C23H27N3O2. The monoisotopic (exact) mass is 377 g/mol. The summed E-state index contributed by atoms with van der Waals surface area (Å²) in [5, 5.41) is 6.00. The molecule has 1 atom stereocenters. The Hall–Kier alpha value is -2.66. The first-order valence-corrected chi connectivity index (χ1v) is 10.2. The van der Waals surface area contributed by atoms with Crippen LogP contribution < -0.4 is 10.6 Å². The minimum absolute atomic E-state index is 0.0120. The number of fused-ring (bicyclic) bond motifs is 1. The van der Waals surface area contributed by atoms with Gasteiger partial charge in [-0.15, -0.1) is 0 Å². The first-order chi connectivity index (χ1) is 13.7. The van der Waals surface area contributed by atoms with Crippen LogP contribution in [0.3, 0.4) is 0 Å². The number of nitrogens with one attached hydrogen (secondary N) is 2. The second kappa shape index (κ2) is 8.57. The third-order valence-corrected chi connectivity index (χ3v) is 5.67. The molecule has 28 heavy (non-hydrogen) atoms. The van der Waals surface area contributed by atoms with E-state index in [1.54, 1.807) is 0 Å². The number of para-hydroxylation sites is 1. The van der Waals surface area contributed by atoms with E-state index >= 15 is 0 Å². The van der Waals surface area contributed by atoms with Gasteiger partial charge in [-0.05, 0) is 74.0 Å². The fourth-order valence-electron chi connectivity index (χ4n) is 4.23.